The van der Waals surface area contributed by atoms with Crippen molar-refractivity contribution >= 4 is 22.6 Å². The second kappa shape index (κ2) is 6.91. The molecular formula is C19H21NO4. The molecule has 1 amide bonds. The first-order chi connectivity index (χ1) is 11.6. The van der Waals surface area contributed by atoms with E-state index in [0.717, 1.165) is 10.8 Å². The molecule has 0 atom stereocenters. The van der Waals surface area contributed by atoms with E-state index in [0.29, 0.717) is 38.1 Å². The van der Waals surface area contributed by atoms with Crippen LogP contribution in [0.2, 0.25) is 0 Å². The Morgan fingerprint density at radius 1 is 1.12 bits per heavy atom. The molecule has 1 heterocycles. The normalized spacial score (nSPS) is 15.5. The standard InChI is InChI=1S/C19H21NO4/c1-2-24-19(23)13-7-9-20(10-8-13)18(22)16-4-3-15-12-17(21)6-5-14(15)11-16/h3-6,11-13,21H,2,7-10H2,1H3. The summed E-state index contributed by atoms with van der Waals surface area (Å²) in [5, 5.41) is 11.3. The number of phenolic OH excluding ortho intramolecular Hbond substituents is 1. The fraction of sp³-hybridized carbons (Fsp3) is 0.368. The molecule has 1 saturated heterocycles. The average Bonchev–Trinajstić information content (AvgIpc) is 2.61. The Morgan fingerprint density at radius 2 is 1.79 bits per heavy atom. The highest BCUT2D eigenvalue weighted by Crippen LogP contribution is 2.24. The van der Waals surface area contributed by atoms with Gasteiger partial charge in [-0.2, -0.15) is 0 Å². The van der Waals surface area contributed by atoms with Crippen LogP contribution in [0, 0.1) is 5.92 Å². The molecule has 1 N–H and O–H groups in total. The number of nitrogens with zero attached hydrogens (tertiary/aromatic N) is 1. The van der Waals surface area contributed by atoms with E-state index in [2.05, 4.69) is 0 Å². The minimum absolute atomic E-state index is 0.0210. The van der Waals surface area contributed by atoms with E-state index >= 15 is 0 Å². The SMILES string of the molecule is CCOC(=O)C1CCN(C(=O)c2ccc3cc(O)ccc3c2)CC1. The van der Waals surface area contributed by atoms with Crippen LogP contribution in [0.4, 0.5) is 0 Å². The molecule has 1 fully saturated rings. The number of carbonyl (C=O) groups is 2. The maximum absolute atomic E-state index is 12.7. The first-order valence-corrected chi connectivity index (χ1v) is 8.27. The first-order valence-electron chi connectivity index (χ1n) is 8.27. The Bertz CT molecular complexity index is 763. The van der Waals surface area contributed by atoms with Gasteiger partial charge >= 0.3 is 5.97 Å². The van der Waals surface area contributed by atoms with Gasteiger partial charge < -0.3 is 14.7 Å². The van der Waals surface area contributed by atoms with Crippen LogP contribution in [0.15, 0.2) is 36.4 Å². The maximum Gasteiger partial charge on any atom is 0.309 e. The van der Waals surface area contributed by atoms with Gasteiger partial charge in [-0.25, -0.2) is 0 Å². The van der Waals surface area contributed by atoms with Gasteiger partial charge in [0.05, 0.1) is 12.5 Å². The number of piperidine rings is 1. The monoisotopic (exact) mass is 327 g/mol. The third-order valence-electron chi connectivity index (χ3n) is 4.47. The molecule has 1 aliphatic rings. The Labute approximate surface area is 140 Å². The Hall–Kier alpha value is -2.56. The lowest BCUT2D eigenvalue weighted by atomic mass is 9.96. The van der Waals surface area contributed by atoms with Crippen molar-refractivity contribution in [2.24, 2.45) is 5.92 Å². The number of esters is 1. The minimum Gasteiger partial charge on any atom is -0.508 e. The van der Waals surface area contributed by atoms with Gasteiger partial charge in [0.2, 0.25) is 0 Å². The summed E-state index contributed by atoms with van der Waals surface area (Å²) >= 11 is 0. The number of ether oxygens (including phenoxy) is 1. The molecular weight excluding hydrogens is 306 g/mol. The zero-order valence-corrected chi connectivity index (χ0v) is 13.7. The second-order valence-corrected chi connectivity index (χ2v) is 6.06. The molecule has 126 valence electrons. The van der Waals surface area contributed by atoms with Crippen molar-refractivity contribution in [2.75, 3.05) is 19.7 Å². The van der Waals surface area contributed by atoms with Crippen LogP contribution in [0.5, 0.6) is 5.75 Å². The predicted octanol–water partition coefficient (Wildman–Crippen LogP) is 2.96. The summed E-state index contributed by atoms with van der Waals surface area (Å²) in [6.07, 6.45) is 1.29. The Balaban J connectivity index is 1.69. The van der Waals surface area contributed by atoms with Gasteiger partial charge in [-0.3, -0.25) is 9.59 Å². The van der Waals surface area contributed by atoms with E-state index < -0.39 is 0 Å². The molecule has 0 unspecified atom stereocenters. The smallest absolute Gasteiger partial charge is 0.309 e. The van der Waals surface area contributed by atoms with Crippen LogP contribution in [0.25, 0.3) is 10.8 Å². The number of aromatic hydroxyl groups is 1. The lowest BCUT2D eigenvalue weighted by Crippen LogP contribution is -2.40. The molecule has 2 aromatic rings. The number of likely N-dealkylation sites (tertiary alicyclic amines) is 1. The van der Waals surface area contributed by atoms with Crippen molar-refractivity contribution in [1.82, 2.24) is 4.90 Å². The van der Waals surface area contributed by atoms with E-state index in [1.54, 1.807) is 36.1 Å². The molecule has 0 radical (unpaired) electrons. The lowest BCUT2D eigenvalue weighted by Gasteiger charge is -2.31. The summed E-state index contributed by atoms with van der Waals surface area (Å²) in [5.41, 5.74) is 0.628. The fourth-order valence-electron chi connectivity index (χ4n) is 3.13. The van der Waals surface area contributed by atoms with Crippen molar-refractivity contribution in [2.45, 2.75) is 19.8 Å². The van der Waals surface area contributed by atoms with Gasteiger partial charge in [-0.1, -0.05) is 12.1 Å². The molecule has 0 spiro atoms. The van der Waals surface area contributed by atoms with Gasteiger partial charge in [0.1, 0.15) is 5.75 Å². The third kappa shape index (κ3) is 3.35. The molecule has 24 heavy (non-hydrogen) atoms. The van der Waals surface area contributed by atoms with Crippen LogP contribution >= 0.6 is 0 Å². The zero-order chi connectivity index (χ0) is 17.1. The van der Waals surface area contributed by atoms with Gasteiger partial charge in [0.25, 0.3) is 5.91 Å². The van der Waals surface area contributed by atoms with Crippen LogP contribution in [0.1, 0.15) is 30.1 Å². The highest BCUT2D eigenvalue weighted by Gasteiger charge is 2.28. The number of amides is 1. The van der Waals surface area contributed by atoms with Crippen molar-refractivity contribution in [3.05, 3.63) is 42.0 Å². The van der Waals surface area contributed by atoms with Gasteiger partial charge in [0.15, 0.2) is 0 Å². The fourth-order valence-corrected chi connectivity index (χ4v) is 3.13. The number of carbonyl (C=O) groups excluding carboxylic acids is 2. The molecule has 0 aliphatic carbocycles. The molecule has 0 saturated carbocycles. The van der Waals surface area contributed by atoms with Gasteiger partial charge in [-0.05, 0) is 54.8 Å². The molecule has 0 aromatic heterocycles. The van der Waals surface area contributed by atoms with Crippen molar-refractivity contribution in [3.63, 3.8) is 0 Å². The number of phenols is 1. The van der Waals surface area contributed by atoms with Crippen molar-refractivity contribution in [3.8, 4) is 5.75 Å². The van der Waals surface area contributed by atoms with E-state index in [4.69, 9.17) is 4.74 Å². The Kier molecular flexibility index (Phi) is 4.69. The van der Waals surface area contributed by atoms with Crippen LogP contribution in [0.3, 0.4) is 0 Å². The predicted molar refractivity (Wildman–Crippen MR) is 90.9 cm³/mol. The summed E-state index contributed by atoms with van der Waals surface area (Å²) in [7, 11) is 0. The average molecular weight is 327 g/mol. The van der Waals surface area contributed by atoms with Gasteiger partial charge in [0, 0.05) is 18.7 Å². The summed E-state index contributed by atoms with van der Waals surface area (Å²) in [5.74, 6) is -0.0708. The number of hydrogen-bond acceptors (Lipinski definition) is 4. The molecule has 5 nitrogen and oxygen atoms in total. The second-order valence-electron chi connectivity index (χ2n) is 6.06. The summed E-state index contributed by atoms with van der Waals surface area (Å²) in [6.45, 7) is 3.33. The quantitative estimate of drug-likeness (QED) is 0.880. The number of benzene rings is 2. The molecule has 1 aliphatic heterocycles. The van der Waals surface area contributed by atoms with Crippen molar-refractivity contribution in [1.29, 1.82) is 0 Å². The van der Waals surface area contributed by atoms with Crippen LogP contribution < -0.4 is 0 Å². The van der Waals surface area contributed by atoms with E-state index in [9.17, 15) is 14.7 Å². The van der Waals surface area contributed by atoms with Gasteiger partial charge in [-0.15, -0.1) is 0 Å². The van der Waals surface area contributed by atoms with Crippen LogP contribution in [-0.2, 0) is 9.53 Å². The molecule has 5 heteroatoms. The largest absolute Gasteiger partial charge is 0.508 e. The number of hydrogen-bond donors (Lipinski definition) is 1. The lowest BCUT2D eigenvalue weighted by molar-refractivity contribution is -0.149. The Morgan fingerprint density at radius 3 is 2.50 bits per heavy atom. The number of rotatable bonds is 3. The maximum atomic E-state index is 12.7. The highest BCUT2D eigenvalue weighted by atomic mass is 16.5. The molecule has 0 bridgehead atoms. The summed E-state index contributed by atoms with van der Waals surface area (Å²) in [4.78, 5) is 26.2. The minimum atomic E-state index is -0.157. The van der Waals surface area contributed by atoms with E-state index in [1.807, 2.05) is 12.1 Å². The summed E-state index contributed by atoms with van der Waals surface area (Å²) < 4.78 is 5.06. The third-order valence-corrected chi connectivity index (χ3v) is 4.47. The van der Waals surface area contributed by atoms with E-state index in [1.165, 1.54) is 0 Å². The van der Waals surface area contributed by atoms with E-state index in [-0.39, 0.29) is 23.5 Å². The van der Waals surface area contributed by atoms with Crippen molar-refractivity contribution < 1.29 is 19.4 Å². The zero-order valence-electron chi connectivity index (χ0n) is 13.7. The molecule has 3 rings (SSSR count). The highest BCUT2D eigenvalue weighted by molar-refractivity contribution is 5.99. The number of fused-ring (bicyclic) bond motifs is 1. The molecule has 2 aromatic carbocycles. The first kappa shape index (κ1) is 16.3. The van der Waals surface area contributed by atoms with Crippen LogP contribution in [-0.4, -0.2) is 41.6 Å². The topological polar surface area (TPSA) is 66.8 Å². The summed E-state index contributed by atoms with van der Waals surface area (Å²) in [6, 6.07) is 10.5.